The van der Waals surface area contributed by atoms with Crippen LogP contribution in [-0.2, 0) is 11.2 Å². The van der Waals surface area contributed by atoms with E-state index in [1.54, 1.807) is 7.11 Å². The molecule has 2 aromatic rings. The first-order valence-electron chi connectivity index (χ1n) is 8.17. The lowest BCUT2D eigenvalue weighted by Crippen LogP contribution is -2.30. The van der Waals surface area contributed by atoms with Crippen molar-refractivity contribution in [3.63, 3.8) is 0 Å². The van der Waals surface area contributed by atoms with Crippen molar-refractivity contribution < 1.29 is 9.53 Å². The predicted octanol–water partition coefficient (Wildman–Crippen LogP) is 3.85. The van der Waals surface area contributed by atoms with E-state index < -0.39 is 0 Å². The number of hydrogen-bond donors (Lipinski definition) is 0. The van der Waals surface area contributed by atoms with Crippen LogP contribution >= 0.6 is 0 Å². The Balaban J connectivity index is 1.69. The molecule has 1 fully saturated rings. The molecule has 0 saturated carbocycles. The summed E-state index contributed by atoms with van der Waals surface area (Å²) in [5.74, 6) is 1.19. The second-order valence-electron chi connectivity index (χ2n) is 6.16. The Labute approximate surface area is 137 Å². The molecule has 1 heterocycles. The Hall–Kier alpha value is -2.29. The van der Waals surface area contributed by atoms with Gasteiger partial charge in [0.05, 0.1) is 13.2 Å². The lowest BCUT2D eigenvalue weighted by atomic mass is 9.98. The summed E-state index contributed by atoms with van der Waals surface area (Å²) < 4.78 is 5.27. The first-order valence-corrected chi connectivity index (χ1v) is 8.17. The number of amides is 1. The fraction of sp³-hybridized carbons (Fsp3) is 0.350. The maximum atomic E-state index is 12.8. The van der Waals surface area contributed by atoms with Gasteiger partial charge in [0.15, 0.2) is 0 Å². The molecule has 0 radical (unpaired) electrons. The fourth-order valence-electron chi connectivity index (χ4n) is 3.33. The number of benzene rings is 2. The zero-order valence-electron chi connectivity index (χ0n) is 13.7. The molecule has 0 aromatic heterocycles. The van der Waals surface area contributed by atoms with Gasteiger partial charge in [-0.2, -0.15) is 0 Å². The van der Waals surface area contributed by atoms with Gasteiger partial charge in [-0.1, -0.05) is 42.5 Å². The monoisotopic (exact) mass is 309 g/mol. The van der Waals surface area contributed by atoms with E-state index in [1.807, 2.05) is 41.3 Å². The quantitative estimate of drug-likeness (QED) is 0.839. The van der Waals surface area contributed by atoms with E-state index in [1.165, 1.54) is 5.56 Å². The van der Waals surface area contributed by atoms with E-state index in [-0.39, 0.29) is 17.9 Å². The van der Waals surface area contributed by atoms with Crippen molar-refractivity contribution in [2.45, 2.75) is 25.8 Å². The Kier molecular flexibility index (Phi) is 4.65. The summed E-state index contributed by atoms with van der Waals surface area (Å²) in [6.07, 6.45) is 1.71. The molecule has 2 aromatic carbocycles. The van der Waals surface area contributed by atoms with Gasteiger partial charge in [-0.15, -0.1) is 0 Å². The molecule has 1 saturated heterocycles. The molecule has 1 aliphatic heterocycles. The molecule has 2 atom stereocenters. The lowest BCUT2D eigenvalue weighted by molar-refractivity contribution is -0.132. The fourth-order valence-corrected chi connectivity index (χ4v) is 3.33. The Morgan fingerprint density at radius 3 is 2.70 bits per heavy atom. The molecule has 120 valence electrons. The second kappa shape index (κ2) is 6.86. The molecule has 1 amide bonds. The zero-order chi connectivity index (χ0) is 16.2. The highest BCUT2D eigenvalue weighted by Gasteiger charge is 2.34. The zero-order valence-corrected chi connectivity index (χ0v) is 13.7. The van der Waals surface area contributed by atoms with Crippen LogP contribution in [0.4, 0.5) is 0 Å². The van der Waals surface area contributed by atoms with Crippen molar-refractivity contribution in [1.82, 2.24) is 4.90 Å². The van der Waals surface area contributed by atoms with Crippen molar-refractivity contribution in [1.29, 1.82) is 0 Å². The number of carbonyl (C=O) groups excluding carboxylic acids is 1. The number of ether oxygens (including phenoxy) is 1. The maximum Gasteiger partial charge on any atom is 0.226 e. The third kappa shape index (κ3) is 3.39. The van der Waals surface area contributed by atoms with Crippen LogP contribution in [0.1, 0.15) is 30.5 Å². The number of carbonyl (C=O) groups is 1. The van der Waals surface area contributed by atoms with Crippen molar-refractivity contribution in [3.8, 4) is 5.75 Å². The van der Waals surface area contributed by atoms with Crippen LogP contribution in [0.15, 0.2) is 54.6 Å². The molecular weight excluding hydrogens is 286 g/mol. The van der Waals surface area contributed by atoms with Gasteiger partial charge in [0, 0.05) is 12.5 Å². The number of hydrogen-bond acceptors (Lipinski definition) is 2. The van der Waals surface area contributed by atoms with Gasteiger partial charge in [0.2, 0.25) is 5.91 Å². The molecule has 0 spiro atoms. The highest BCUT2D eigenvalue weighted by atomic mass is 16.5. The third-order valence-electron chi connectivity index (χ3n) is 4.72. The minimum Gasteiger partial charge on any atom is -0.497 e. The summed E-state index contributed by atoms with van der Waals surface area (Å²) in [7, 11) is 1.67. The lowest BCUT2D eigenvalue weighted by Gasteiger charge is -2.25. The number of nitrogens with zero attached hydrogens (tertiary/aromatic N) is 1. The maximum absolute atomic E-state index is 12.8. The highest BCUT2D eigenvalue weighted by molar-refractivity contribution is 5.81. The largest absolute Gasteiger partial charge is 0.497 e. The minimum absolute atomic E-state index is 0.0771. The smallest absolute Gasteiger partial charge is 0.226 e. The number of methoxy groups -OCH3 is 1. The second-order valence-corrected chi connectivity index (χ2v) is 6.16. The summed E-state index contributed by atoms with van der Waals surface area (Å²) in [5, 5.41) is 0. The number of rotatable bonds is 5. The first kappa shape index (κ1) is 15.6. The molecule has 23 heavy (non-hydrogen) atoms. The van der Waals surface area contributed by atoms with E-state index >= 15 is 0 Å². The summed E-state index contributed by atoms with van der Waals surface area (Å²) in [6.45, 7) is 2.95. The van der Waals surface area contributed by atoms with Gasteiger partial charge in [-0.3, -0.25) is 4.79 Å². The summed E-state index contributed by atoms with van der Waals surface area (Å²) in [6, 6.07) is 18.4. The predicted molar refractivity (Wildman–Crippen MR) is 91.4 cm³/mol. The van der Waals surface area contributed by atoms with Crippen LogP contribution in [0.2, 0.25) is 0 Å². The molecule has 1 aliphatic rings. The topological polar surface area (TPSA) is 29.5 Å². The molecule has 0 bridgehead atoms. The molecule has 0 aliphatic carbocycles. The van der Waals surface area contributed by atoms with Crippen LogP contribution < -0.4 is 4.74 Å². The van der Waals surface area contributed by atoms with E-state index in [4.69, 9.17) is 4.74 Å². The molecule has 0 unspecified atom stereocenters. The standard InChI is InChI=1S/C20H23NO2/c1-15(17-8-4-3-5-9-17)21-12-11-18(20(21)22)13-16-7-6-10-19(14-16)23-2/h3-10,14-15,18H,11-13H2,1-2H3/t15-,18+/m1/s1. The van der Waals surface area contributed by atoms with Crippen molar-refractivity contribution in [2.24, 2.45) is 5.92 Å². The van der Waals surface area contributed by atoms with Crippen LogP contribution in [0, 0.1) is 5.92 Å². The highest BCUT2D eigenvalue weighted by Crippen LogP contribution is 2.30. The van der Waals surface area contributed by atoms with Crippen molar-refractivity contribution in [3.05, 3.63) is 65.7 Å². The van der Waals surface area contributed by atoms with Gasteiger partial charge < -0.3 is 9.64 Å². The van der Waals surface area contributed by atoms with Crippen LogP contribution in [0.5, 0.6) is 5.75 Å². The molecule has 0 N–H and O–H groups in total. The van der Waals surface area contributed by atoms with Gasteiger partial charge in [0.1, 0.15) is 5.75 Å². The SMILES string of the molecule is COc1cccc(C[C@@H]2CCN([C@H](C)c3ccccc3)C2=O)c1. The van der Waals surface area contributed by atoms with E-state index in [0.29, 0.717) is 0 Å². The first-order chi connectivity index (χ1) is 11.2. The normalized spacial score (nSPS) is 19.0. The average Bonchev–Trinajstić information content (AvgIpc) is 2.96. The summed E-state index contributed by atoms with van der Waals surface area (Å²) >= 11 is 0. The summed E-state index contributed by atoms with van der Waals surface area (Å²) in [4.78, 5) is 14.8. The Morgan fingerprint density at radius 2 is 1.96 bits per heavy atom. The summed E-state index contributed by atoms with van der Waals surface area (Å²) in [5.41, 5.74) is 2.36. The van der Waals surface area contributed by atoms with Gasteiger partial charge in [-0.25, -0.2) is 0 Å². The van der Waals surface area contributed by atoms with Gasteiger partial charge in [-0.05, 0) is 43.0 Å². The molecule has 3 rings (SSSR count). The van der Waals surface area contributed by atoms with Gasteiger partial charge in [0.25, 0.3) is 0 Å². The van der Waals surface area contributed by atoms with Crippen LogP contribution in [0.25, 0.3) is 0 Å². The average molecular weight is 309 g/mol. The molecular formula is C20H23NO2. The van der Waals surface area contributed by atoms with E-state index in [2.05, 4.69) is 25.1 Å². The molecule has 3 nitrogen and oxygen atoms in total. The number of likely N-dealkylation sites (tertiary alicyclic amines) is 1. The van der Waals surface area contributed by atoms with E-state index in [9.17, 15) is 4.79 Å². The minimum atomic E-state index is 0.0771. The van der Waals surface area contributed by atoms with Crippen LogP contribution in [-0.4, -0.2) is 24.5 Å². The Bertz CT molecular complexity index is 668. The van der Waals surface area contributed by atoms with E-state index in [0.717, 1.165) is 30.7 Å². The van der Waals surface area contributed by atoms with Crippen molar-refractivity contribution in [2.75, 3.05) is 13.7 Å². The third-order valence-corrected chi connectivity index (χ3v) is 4.72. The van der Waals surface area contributed by atoms with Gasteiger partial charge >= 0.3 is 0 Å². The van der Waals surface area contributed by atoms with Crippen molar-refractivity contribution >= 4 is 5.91 Å². The van der Waals surface area contributed by atoms with Crippen LogP contribution in [0.3, 0.4) is 0 Å². The Morgan fingerprint density at radius 1 is 1.17 bits per heavy atom. The molecule has 3 heteroatoms.